The monoisotopic (exact) mass is 248 g/mol. The minimum atomic E-state index is 0.743. The number of nitrogens with two attached hydrogens (primary N) is 1. The quantitative estimate of drug-likeness (QED) is 0.814. The van der Waals surface area contributed by atoms with Gasteiger partial charge in [0.1, 0.15) is 5.75 Å². The second-order valence-electron chi connectivity index (χ2n) is 5.08. The molecule has 1 aliphatic heterocycles. The largest absolute Gasteiger partial charge is 0.495 e. The number of likely N-dealkylation sites (tertiary alicyclic amines) is 1. The number of nitrogen functional groups attached to an aromatic ring is 1. The maximum Gasteiger partial charge on any atom is 0.141 e. The van der Waals surface area contributed by atoms with Gasteiger partial charge in [0.25, 0.3) is 0 Å². The number of nitrogens with zero attached hydrogens (tertiary/aromatic N) is 1. The third kappa shape index (κ3) is 3.64. The van der Waals surface area contributed by atoms with Crippen molar-refractivity contribution in [2.45, 2.75) is 32.1 Å². The van der Waals surface area contributed by atoms with E-state index in [2.05, 4.69) is 11.0 Å². The molecule has 1 saturated heterocycles. The van der Waals surface area contributed by atoms with E-state index in [1.807, 2.05) is 12.1 Å². The van der Waals surface area contributed by atoms with Gasteiger partial charge in [0.05, 0.1) is 12.8 Å². The molecule has 1 heterocycles. The van der Waals surface area contributed by atoms with Gasteiger partial charge < -0.3 is 15.4 Å². The summed E-state index contributed by atoms with van der Waals surface area (Å²) in [5.41, 5.74) is 7.96. The van der Waals surface area contributed by atoms with Crippen molar-refractivity contribution in [3.63, 3.8) is 0 Å². The number of ether oxygens (including phenoxy) is 1. The van der Waals surface area contributed by atoms with E-state index in [-0.39, 0.29) is 0 Å². The Kier molecular flexibility index (Phi) is 4.88. The van der Waals surface area contributed by atoms with Crippen molar-refractivity contribution in [3.05, 3.63) is 23.8 Å². The highest BCUT2D eigenvalue weighted by Crippen LogP contribution is 2.22. The van der Waals surface area contributed by atoms with Crippen LogP contribution in [0.25, 0.3) is 0 Å². The number of piperidine rings is 1. The van der Waals surface area contributed by atoms with Crippen LogP contribution in [0.4, 0.5) is 5.69 Å². The number of aryl methyl sites for hydroxylation is 1. The van der Waals surface area contributed by atoms with E-state index in [0.717, 1.165) is 17.9 Å². The Morgan fingerprint density at radius 2 is 2.00 bits per heavy atom. The molecule has 3 heteroatoms. The molecule has 0 atom stereocenters. The minimum absolute atomic E-state index is 0.743. The summed E-state index contributed by atoms with van der Waals surface area (Å²) in [4.78, 5) is 2.58. The Morgan fingerprint density at radius 3 is 2.67 bits per heavy atom. The van der Waals surface area contributed by atoms with Gasteiger partial charge in [0, 0.05) is 0 Å². The molecule has 0 radical (unpaired) electrons. The third-order valence-corrected chi connectivity index (χ3v) is 3.68. The van der Waals surface area contributed by atoms with Gasteiger partial charge in [-0.3, -0.25) is 0 Å². The molecule has 1 aromatic carbocycles. The molecule has 100 valence electrons. The fourth-order valence-electron chi connectivity index (χ4n) is 2.63. The van der Waals surface area contributed by atoms with Gasteiger partial charge in [-0.2, -0.15) is 0 Å². The number of anilines is 1. The SMILES string of the molecule is COc1ccc(CCCN2CCCCC2)cc1N. The number of methoxy groups -OCH3 is 1. The molecule has 1 aromatic rings. The second-order valence-corrected chi connectivity index (χ2v) is 5.08. The first-order chi connectivity index (χ1) is 8.79. The standard InChI is InChI=1S/C15H24N2O/c1-18-15-8-7-13(12-14(15)16)6-5-11-17-9-3-2-4-10-17/h7-8,12H,2-6,9-11,16H2,1H3. The van der Waals surface area contributed by atoms with Crippen molar-refractivity contribution in [2.75, 3.05) is 32.5 Å². The van der Waals surface area contributed by atoms with Crippen molar-refractivity contribution >= 4 is 5.69 Å². The van der Waals surface area contributed by atoms with E-state index in [9.17, 15) is 0 Å². The fourth-order valence-corrected chi connectivity index (χ4v) is 2.63. The normalized spacial score (nSPS) is 16.7. The van der Waals surface area contributed by atoms with E-state index in [1.54, 1.807) is 7.11 Å². The van der Waals surface area contributed by atoms with Crippen LogP contribution < -0.4 is 10.5 Å². The smallest absolute Gasteiger partial charge is 0.141 e. The van der Waals surface area contributed by atoms with Crippen LogP contribution in [0.1, 0.15) is 31.2 Å². The predicted octanol–water partition coefficient (Wildman–Crippen LogP) is 2.70. The minimum Gasteiger partial charge on any atom is -0.495 e. The Labute approximate surface area is 110 Å². The maximum atomic E-state index is 5.91. The Morgan fingerprint density at radius 1 is 1.22 bits per heavy atom. The van der Waals surface area contributed by atoms with E-state index >= 15 is 0 Å². The molecule has 0 bridgehead atoms. The number of benzene rings is 1. The molecular formula is C15H24N2O. The lowest BCUT2D eigenvalue weighted by molar-refractivity contribution is 0.226. The summed E-state index contributed by atoms with van der Waals surface area (Å²) in [6, 6.07) is 6.12. The van der Waals surface area contributed by atoms with Crippen LogP contribution in [0, 0.1) is 0 Å². The van der Waals surface area contributed by atoms with Crippen LogP contribution in [-0.4, -0.2) is 31.6 Å². The first kappa shape index (κ1) is 13.2. The number of hydrogen-bond donors (Lipinski definition) is 1. The van der Waals surface area contributed by atoms with Crippen LogP contribution >= 0.6 is 0 Å². The van der Waals surface area contributed by atoms with Crippen LogP contribution in [0.2, 0.25) is 0 Å². The maximum absolute atomic E-state index is 5.91. The van der Waals surface area contributed by atoms with Crippen LogP contribution in [-0.2, 0) is 6.42 Å². The van der Waals surface area contributed by atoms with Crippen molar-refractivity contribution < 1.29 is 4.74 Å². The van der Waals surface area contributed by atoms with Crippen molar-refractivity contribution in [1.29, 1.82) is 0 Å². The van der Waals surface area contributed by atoms with Gasteiger partial charge in [-0.1, -0.05) is 12.5 Å². The Hall–Kier alpha value is -1.22. The molecule has 1 fully saturated rings. The van der Waals surface area contributed by atoms with Gasteiger partial charge in [-0.15, -0.1) is 0 Å². The molecule has 2 N–H and O–H groups in total. The van der Waals surface area contributed by atoms with Crippen LogP contribution in [0.3, 0.4) is 0 Å². The highest BCUT2D eigenvalue weighted by Gasteiger charge is 2.09. The van der Waals surface area contributed by atoms with Crippen LogP contribution in [0.15, 0.2) is 18.2 Å². The molecule has 2 rings (SSSR count). The zero-order valence-electron chi connectivity index (χ0n) is 11.3. The Balaban J connectivity index is 1.77. The zero-order chi connectivity index (χ0) is 12.8. The second kappa shape index (κ2) is 6.64. The predicted molar refractivity (Wildman–Crippen MR) is 76.0 cm³/mol. The molecule has 0 spiro atoms. The molecule has 0 saturated carbocycles. The summed E-state index contributed by atoms with van der Waals surface area (Å²) < 4.78 is 5.17. The molecule has 1 aliphatic rings. The van der Waals surface area contributed by atoms with E-state index in [1.165, 1.54) is 50.9 Å². The molecule has 18 heavy (non-hydrogen) atoms. The lowest BCUT2D eigenvalue weighted by atomic mass is 10.1. The van der Waals surface area contributed by atoms with Gasteiger partial charge in [-0.05, 0) is 63.0 Å². The molecule has 0 aromatic heterocycles. The lowest BCUT2D eigenvalue weighted by Gasteiger charge is -2.26. The van der Waals surface area contributed by atoms with Gasteiger partial charge in [0.2, 0.25) is 0 Å². The average Bonchev–Trinajstić information content (AvgIpc) is 2.40. The topological polar surface area (TPSA) is 38.5 Å². The summed E-state index contributed by atoms with van der Waals surface area (Å²) >= 11 is 0. The Bertz CT molecular complexity index is 373. The summed E-state index contributed by atoms with van der Waals surface area (Å²) in [5, 5.41) is 0. The summed E-state index contributed by atoms with van der Waals surface area (Å²) in [6.45, 7) is 3.78. The van der Waals surface area contributed by atoms with E-state index in [4.69, 9.17) is 10.5 Å². The molecule has 0 amide bonds. The zero-order valence-corrected chi connectivity index (χ0v) is 11.3. The summed E-state index contributed by atoms with van der Waals surface area (Å²) in [7, 11) is 1.65. The van der Waals surface area contributed by atoms with Crippen molar-refractivity contribution in [3.8, 4) is 5.75 Å². The van der Waals surface area contributed by atoms with Gasteiger partial charge >= 0.3 is 0 Å². The van der Waals surface area contributed by atoms with Crippen molar-refractivity contribution in [1.82, 2.24) is 4.90 Å². The average molecular weight is 248 g/mol. The molecule has 3 nitrogen and oxygen atoms in total. The number of hydrogen-bond acceptors (Lipinski definition) is 3. The molecule has 0 aliphatic carbocycles. The van der Waals surface area contributed by atoms with E-state index in [0.29, 0.717) is 0 Å². The molecule has 0 unspecified atom stereocenters. The first-order valence-electron chi connectivity index (χ1n) is 6.94. The highest BCUT2D eigenvalue weighted by molar-refractivity contribution is 5.54. The lowest BCUT2D eigenvalue weighted by Crippen LogP contribution is -2.30. The van der Waals surface area contributed by atoms with Gasteiger partial charge in [0.15, 0.2) is 0 Å². The highest BCUT2D eigenvalue weighted by atomic mass is 16.5. The summed E-state index contributed by atoms with van der Waals surface area (Å²) in [6.07, 6.45) is 6.47. The van der Waals surface area contributed by atoms with Crippen LogP contribution in [0.5, 0.6) is 5.75 Å². The first-order valence-corrected chi connectivity index (χ1v) is 6.94. The van der Waals surface area contributed by atoms with E-state index < -0.39 is 0 Å². The molecular weight excluding hydrogens is 224 g/mol. The van der Waals surface area contributed by atoms with Gasteiger partial charge in [-0.25, -0.2) is 0 Å². The number of rotatable bonds is 5. The summed E-state index contributed by atoms with van der Waals surface area (Å²) in [5.74, 6) is 0.773. The third-order valence-electron chi connectivity index (χ3n) is 3.68. The fraction of sp³-hybridized carbons (Fsp3) is 0.600. The van der Waals surface area contributed by atoms with Crippen molar-refractivity contribution in [2.24, 2.45) is 0 Å².